The highest BCUT2D eigenvalue weighted by molar-refractivity contribution is 5.43. The lowest BCUT2D eigenvalue weighted by molar-refractivity contribution is 0.473. The fourth-order valence-corrected chi connectivity index (χ4v) is 2.13. The van der Waals surface area contributed by atoms with E-state index < -0.39 is 0 Å². The van der Waals surface area contributed by atoms with Crippen LogP contribution in [0.15, 0.2) is 36.5 Å². The van der Waals surface area contributed by atoms with Crippen molar-refractivity contribution in [2.24, 2.45) is 0 Å². The average Bonchev–Trinajstić information content (AvgIpc) is 2.52. The van der Waals surface area contributed by atoms with Gasteiger partial charge in [-0.15, -0.1) is 0 Å². The molecule has 1 N–H and O–H groups in total. The highest BCUT2D eigenvalue weighted by atomic mass is 16.5. The van der Waals surface area contributed by atoms with E-state index in [0.717, 1.165) is 17.7 Å². The Kier molecular flexibility index (Phi) is 4.91. The summed E-state index contributed by atoms with van der Waals surface area (Å²) in [5.74, 6) is 1.35. The van der Waals surface area contributed by atoms with Crippen molar-refractivity contribution in [3.63, 3.8) is 0 Å². The van der Waals surface area contributed by atoms with Gasteiger partial charge in [-0.25, -0.2) is 0 Å². The van der Waals surface area contributed by atoms with Gasteiger partial charge in [0.25, 0.3) is 0 Å². The van der Waals surface area contributed by atoms with Crippen molar-refractivity contribution >= 4 is 0 Å². The number of nitriles is 1. The third-order valence-corrected chi connectivity index (χ3v) is 3.42. The first-order valence-corrected chi connectivity index (χ1v) is 6.99. The lowest BCUT2D eigenvalue weighted by Crippen LogP contribution is -2.16. The molecule has 0 saturated heterocycles. The van der Waals surface area contributed by atoms with E-state index in [4.69, 9.17) is 10.00 Å². The van der Waals surface area contributed by atoms with Gasteiger partial charge in [0, 0.05) is 6.04 Å². The molecule has 0 radical (unpaired) electrons. The summed E-state index contributed by atoms with van der Waals surface area (Å²) in [4.78, 5) is 4.44. The van der Waals surface area contributed by atoms with Crippen LogP contribution in [-0.4, -0.2) is 12.0 Å². The van der Waals surface area contributed by atoms with Crippen molar-refractivity contribution < 1.29 is 4.74 Å². The van der Waals surface area contributed by atoms with Gasteiger partial charge >= 0.3 is 0 Å². The number of hydrogen-bond donors (Lipinski definition) is 1. The van der Waals surface area contributed by atoms with Gasteiger partial charge in [0.15, 0.2) is 0 Å². The Balaban J connectivity index is 2.19. The molecule has 21 heavy (non-hydrogen) atoms. The zero-order chi connectivity index (χ0) is 15.2. The second-order valence-corrected chi connectivity index (χ2v) is 4.86. The summed E-state index contributed by atoms with van der Waals surface area (Å²) in [5.41, 5.74) is 2.57. The van der Waals surface area contributed by atoms with Crippen LogP contribution in [0.25, 0.3) is 0 Å². The zero-order valence-corrected chi connectivity index (χ0v) is 12.6. The number of rotatable bonds is 5. The maximum absolute atomic E-state index is 8.95. The molecular weight excluding hydrogens is 262 g/mol. The SMILES string of the molecule is CCC(NC)c1ccc(Oc2cc(C#N)ccc2C)cn1. The van der Waals surface area contributed by atoms with Crippen molar-refractivity contribution in [1.29, 1.82) is 5.26 Å². The van der Waals surface area contributed by atoms with Gasteiger partial charge in [-0.1, -0.05) is 13.0 Å². The van der Waals surface area contributed by atoms with Crippen molar-refractivity contribution in [3.8, 4) is 17.6 Å². The summed E-state index contributed by atoms with van der Waals surface area (Å²) < 4.78 is 5.82. The van der Waals surface area contributed by atoms with Gasteiger partial charge in [-0.2, -0.15) is 5.26 Å². The highest BCUT2D eigenvalue weighted by Gasteiger charge is 2.09. The van der Waals surface area contributed by atoms with E-state index in [1.54, 1.807) is 18.3 Å². The number of aromatic nitrogens is 1. The molecule has 1 aromatic carbocycles. The Bertz CT molecular complexity index is 640. The molecule has 0 saturated carbocycles. The smallest absolute Gasteiger partial charge is 0.145 e. The summed E-state index contributed by atoms with van der Waals surface area (Å²) in [5, 5.41) is 12.2. The first-order valence-electron chi connectivity index (χ1n) is 6.99. The van der Waals surface area contributed by atoms with Crippen LogP contribution >= 0.6 is 0 Å². The molecule has 1 aromatic heterocycles. The van der Waals surface area contributed by atoms with Crippen LogP contribution in [0, 0.1) is 18.3 Å². The summed E-state index contributed by atoms with van der Waals surface area (Å²) in [6.45, 7) is 4.07. The number of pyridine rings is 1. The van der Waals surface area contributed by atoms with Gasteiger partial charge in [0.2, 0.25) is 0 Å². The Morgan fingerprint density at radius 1 is 1.33 bits per heavy atom. The zero-order valence-electron chi connectivity index (χ0n) is 12.6. The number of nitrogens with one attached hydrogen (secondary N) is 1. The van der Waals surface area contributed by atoms with E-state index in [-0.39, 0.29) is 6.04 Å². The molecule has 4 nitrogen and oxygen atoms in total. The maximum atomic E-state index is 8.95. The lowest BCUT2D eigenvalue weighted by atomic mass is 10.1. The lowest BCUT2D eigenvalue weighted by Gasteiger charge is -2.14. The molecule has 0 spiro atoms. The predicted octanol–water partition coefficient (Wildman–Crippen LogP) is 3.72. The van der Waals surface area contributed by atoms with Crippen LogP contribution in [0.5, 0.6) is 11.5 Å². The molecule has 4 heteroatoms. The fourth-order valence-electron chi connectivity index (χ4n) is 2.13. The summed E-state index contributed by atoms with van der Waals surface area (Å²) in [6, 6.07) is 11.6. The molecule has 0 aliphatic rings. The molecule has 108 valence electrons. The Labute approximate surface area is 125 Å². The van der Waals surface area contributed by atoms with Crippen LogP contribution < -0.4 is 10.1 Å². The molecule has 2 rings (SSSR count). The van der Waals surface area contributed by atoms with E-state index in [0.29, 0.717) is 17.1 Å². The minimum Gasteiger partial charge on any atom is -0.455 e. The number of hydrogen-bond acceptors (Lipinski definition) is 4. The van der Waals surface area contributed by atoms with Crippen molar-refractivity contribution in [1.82, 2.24) is 10.3 Å². The van der Waals surface area contributed by atoms with Crippen molar-refractivity contribution in [3.05, 3.63) is 53.3 Å². The van der Waals surface area contributed by atoms with Crippen LogP contribution in [0.2, 0.25) is 0 Å². The average molecular weight is 281 g/mol. The summed E-state index contributed by atoms with van der Waals surface area (Å²) >= 11 is 0. The molecule has 0 amide bonds. The Hall–Kier alpha value is -2.38. The second kappa shape index (κ2) is 6.87. The number of nitrogens with zero attached hydrogens (tertiary/aromatic N) is 2. The van der Waals surface area contributed by atoms with E-state index in [1.165, 1.54) is 0 Å². The van der Waals surface area contributed by atoms with Crippen LogP contribution in [0.4, 0.5) is 0 Å². The molecule has 2 aromatic rings. The highest BCUT2D eigenvalue weighted by Crippen LogP contribution is 2.26. The molecule has 0 fully saturated rings. The van der Waals surface area contributed by atoms with E-state index in [1.807, 2.05) is 32.2 Å². The standard InChI is InChI=1S/C17H19N3O/c1-4-15(19-3)16-8-7-14(11-20-16)21-17-9-13(10-18)6-5-12(17)2/h5-9,11,15,19H,4H2,1-3H3. The fraction of sp³-hybridized carbons (Fsp3) is 0.294. The molecular formula is C17H19N3O. The molecule has 0 aliphatic heterocycles. The minimum atomic E-state index is 0.253. The third-order valence-electron chi connectivity index (χ3n) is 3.42. The predicted molar refractivity (Wildman–Crippen MR) is 82.3 cm³/mol. The normalized spacial score (nSPS) is 11.7. The van der Waals surface area contributed by atoms with Gasteiger partial charge in [0.1, 0.15) is 11.5 Å². The molecule has 1 unspecified atom stereocenters. The number of ether oxygens (including phenoxy) is 1. The number of benzene rings is 1. The molecule has 0 bridgehead atoms. The minimum absolute atomic E-state index is 0.253. The Morgan fingerprint density at radius 2 is 2.14 bits per heavy atom. The van der Waals surface area contributed by atoms with Gasteiger partial charge in [0.05, 0.1) is 23.5 Å². The quantitative estimate of drug-likeness (QED) is 0.907. The third kappa shape index (κ3) is 3.59. The monoisotopic (exact) mass is 281 g/mol. The van der Waals surface area contributed by atoms with Crippen molar-refractivity contribution in [2.45, 2.75) is 26.3 Å². The first-order chi connectivity index (χ1) is 10.2. The first kappa shape index (κ1) is 15.0. The Morgan fingerprint density at radius 3 is 2.71 bits per heavy atom. The summed E-state index contributed by atoms with van der Waals surface area (Å²) in [7, 11) is 1.93. The van der Waals surface area contributed by atoms with E-state index in [2.05, 4.69) is 23.3 Å². The van der Waals surface area contributed by atoms with Crippen LogP contribution in [-0.2, 0) is 0 Å². The van der Waals surface area contributed by atoms with E-state index >= 15 is 0 Å². The number of aryl methyl sites for hydroxylation is 1. The molecule has 0 aliphatic carbocycles. The molecule has 1 atom stereocenters. The van der Waals surface area contributed by atoms with Gasteiger partial charge in [-0.05, 0) is 50.2 Å². The van der Waals surface area contributed by atoms with Crippen molar-refractivity contribution in [2.75, 3.05) is 7.05 Å². The van der Waals surface area contributed by atoms with Gasteiger partial charge < -0.3 is 10.1 Å². The van der Waals surface area contributed by atoms with Crippen LogP contribution in [0.1, 0.15) is 36.2 Å². The maximum Gasteiger partial charge on any atom is 0.145 e. The van der Waals surface area contributed by atoms with E-state index in [9.17, 15) is 0 Å². The second-order valence-electron chi connectivity index (χ2n) is 4.86. The van der Waals surface area contributed by atoms with Crippen LogP contribution in [0.3, 0.4) is 0 Å². The largest absolute Gasteiger partial charge is 0.455 e. The summed E-state index contributed by atoms with van der Waals surface area (Å²) in [6.07, 6.45) is 2.70. The van der Waals surface area contributed by atoms with Gasteiger partial charge in [-0.3, -0.25) is 4.98 Å². The molecule has 1 heterocycles. The topological polar surface area (TPSA) is 57.9 Å².